The largest absolute Gasteiger partial charge is 0.333 e. The molecule has 2 saturated heterocycles. The predicted octanol–water partition coefficient (Wildman–Crippen LogP) is 2.52. The molecule has 2 heterocycles. The molecule has 2 fully saturated rings. The van der Waals surface area contributed by atoms with Gasteiger partial charge in [-0.1, -0.05) is 6.07 Å². The van der Waals surface area contributed by atoms with E-state index in [1.165, 1.54) is 17.0 Å². The highest BCUT2D eigenvalue weighted by atomic mass is 19.1. The summed E-state index contributed by atoms with van der Waals surface area (Å²) in [5, 5.41) is 2.95. The van der Waals surface area contributed by atoms with E-state index in [0.717, 1.165) is 25.8 Å². The van der Waals surface area contributed by atoms with Crippen molar-refractivity contribution in [2.24, 2.45) is 0 Å². The zero-order valence-corrected chi connectivity index (χ0v) is 13.3. The molecule has 6 heteroatoms. The molecule has 124 valence electrons. The average Bonchev–Trinajstić information content (AvgIpc) is 2.88. The summed E-state index contributed by atoms with van der Waals surface area (Å²) in [4.78, 5) is 27.9. The molecular formula is C17H22FN3O2. The van der Waals surface area contributed by atoms with Gasteiger partial charge < -0.3 is 15.1 Å². The van der Waals surface area contributed by atoms with Crippen molar-refractivity contribution in [2.45, 2.75) is 44.7 Å². The van der Waals surface area contributed by atoms with Crippen LogP contribution in [0.1, 0.15) is 32.6 Å². The number of benzene rings is 1. The second kappa shape index (κ2) is 6.56. The number of piperidine rings is 1. The van der Waals surface area contributed by atoms with Crippen LogP contribution in [0, 0.1) is 5.82 Å². The number of hydrogen-bond acceptors (Lipinski definition) is 2. The molecule has 0 saturated carbocycles. The van der Waals surface area contributed by atoms with Gasteiger partial charge in [0.2, 0.25) is 5.91 Å². The predicted molar refractivity (Wildman–Crippen MR) is 85.7 cm³/mol. The molecule has 2 aliphatic heterocycles. The zero-order valence-electron chi connectivity index (χ0n) is 13.3. The van der Waals surface area contributed by atoms with Crippen LogP contribution >= 0.6 is 0 Å². The van der Waals surface area contributed by atoms with Crippen LogP contribution in [0.2, 0.25) is 0 Å². The number of amides is 3. The van der Waals surface area contributed by atoms with E-state index in [4.69, 9.17) is 0 Å². The summed E-state index contributed by atoms with van der Waals surface area (Å²) in [6, 6.07) is 5.89. The Balaban J connectivity index is 1.62. The number of halogens is 1. The smallest absolute Gasteiger partial charge is 0.317 e. The summed E-state index contributed by atoms with van der Waals surface area (Å²) in [6.45, 7) is 3.20. The van der Waals surface area contributed by atoms with E-state index in [9.17, 15) is 14.0 Å². The summed E-state index contributed by atoms with van der Waals surface area (Å²) < 4.78 is 13.3. The van der Waals surface area contributed by atoms with Crippen LogP contribution in [-0.2, 0) is 4.79 Å². The van der Waals surface area contributed by atoms with Gasteiger partial charge in [-0.05, 0) is 44.4 Å². The Morgan fingerprint density at radius 3 is 2.91 bits per heavy atom. The number of nitrogens with zero attached hydrogens (tertiary/aromatic N) is 2. The molecular weight excluding hydrogens is 297 g/mol. The van der Waals surface area contributed by atoms with E-state index in [0.29, 0.717) is 12.2 Å². The third-order valence-electron chi connectivity index (χ3n) is 4.64. The third-order valence-corrected chi connectivity index (χ3v) is 4.64. The second-order valence-corrected chi connectivity index (χ2v) is 6.37. The minimum absolute atomic E-state index is 0.0902. The van der Waals surface area contributed by atoms with Crippen LogP contribution < -0.4 is 10.2 Å². The van der Waals surface area contributed by atoms with Crippen molar-refractivity contribution in [2.75, 3.05) is 18.0 Å². The number of hydrogen-bond donors (Lipinski definition) is 1. The first-order valence-electron chi connectivity index (χ1n) is 8.17. The molecule has 0 aliphatic carbocycles. The van der Waals surface area contributed by atoms with Gasteiger partial charge >= 0.3 is 6.03 Å². The normalized spacial score (nSPS) is 24.9. The second-order valence-electron chi connectivity index (χ2n) is 6.37. The van der Waals surface area contributed by atoms with Crippen LogP contribution in [-0.4, -0.2) is 42.0 Å². The fraction of sp³-hybridized carbons (Fsp3) is 0.529. The van der Waals surface area contributed by atoms with E-state index in [-0.39, 0.29) is 36.3 Å². The Bertz CT molecular complexity index is 607. The fourth-order valence-electron chi connectivity index (χ4n) is 3.36. The molecule has 0 bridgehead atoms. The fourth-order valence-corrected chi connectivity index (χ4v) is 3.36. The van der Waals surface area contributed by atoms with E-state index in [2.05, 4.69) is 12.2 Å². The summed E-state index contributed by atoms with van der Waals surface area (Å²) in [5.41, 5.74) is 0.540. The number of urea groups is 1. The lowest BCUT2D eigenvalue weighted by atomic mass is 10.0. The lowest BCUT2D eigenvalue weighted by molar-refractivity contribution is -0.117. The van der Waals surface area contributed by atoms with Crippen LogP contribution in [0.25, 0.3) is 0 Å². The van der Waals surface area contributed by atoms with Crippen LogP contribution in [0.15, 0.2) is 24.3 Å². The highest BCUT2D eigenvalue weighted by Crippen LogP contribution is 2.23. The molecule has 0 radical (unpaired) electrons. The first-order valence-corrected chi connectivity index (χ1v) is 8.17. The number of carbonyl (C=O) groups is 2. The average molecular weight is 319 g/mol. The van der Waals surface area contributed by atoms with Crippen LogP contribution in [0.5, 0.6) is 0 Å². The van der Waals surface area contributed by atoms with Crippen molar-refractivity contribution >= 4 is 17.6 Å². The lowest BCUT2D eigenvalue weighted by Gasteiger charge is -2.34. The Hall–Kier alpha value is -2.11. The summed E-state index contributed by atoms with van der Waals surface area (Å²) in [7, 11) is 0. The molecule has 0 spiro atoms. The zero-order chi connectivity index (χ0) is 16.4. The molecule has 1 aromatic carbocycles. The van der Waals surface area contributed by atoms with Gasteiger partial charge in [-0.15, -0.1) is 0 Å². The lowest BCUT2D eigenvalue weighted by Crippen LogP contribution is -2.50. The van der Waals surface area contributed by atoms with Crippen molar-refractivity contribution in [3.63, 3.8) is 0 Å². The Labute approximate surface area is 135 Å². The van der Waals surface area contributed by atoms with Gasteiger partial charge in [-0.25, -0.2) is 9.18 Å². The van der Waals surface area contributed by atoms with E-state index >= 15 is 0 Å². The molecule has 1 aromatic rings. The molecule has 2 aliphatic rings. The van der Waals surface area contributed by atoms with Gasteiger partial charge in [0.25, 0.3) is 0 Å². The minimum atomic E-state index is -0.370. The van der Waals surface area contributed by atoms with E-state index in [1.807, 2.05) is 4.90 Å². The number of carbonyl (C=O) groups excluding carboxylic acids is 2. The Kier molecular flexibility index (Phi) is 4.50. The monoisotopic (exact) mass is 319 g/mol. The number of anilines is 1. The Morgan fingerprint density at radius 2 is 2.17 bits per heavy atom. The van der Waals surface area contributed by atoms with Gasteiger partial charge in [0.05, 0.1) is 6.04 Å². The highest BCUT2D eigenvalue weighted by molar-refractivity contribution is 5.96. The number of nitrogens with one attached hydrogen (secondary N) is 1. The summed E-state index contributed by atoms with van der Waals surface area (Å²) >= 11 is 0. The van der Waals surface area contributed by atoms with Crippen molar-refractivity contribution in [1.29, 1.82) is 0 Å². The highest BCUT2D eigenvalue weighted by Gasteiger charge is 2.33. The van der Waals surface area contributed by atoms with E-state index < -0.39 is 0 Å². The molecule has 3 amide bonds. The molecule has 0 aromatic heterocycles. The van der Waals surface area contributed by atoms with Crippen molar-refractivity contribution in [3.05, 3.63) is 30.1 Å². The molecule has 1 N–H and O–H groups in total. The summed E-state index contributed by atoms with van der Waals surface area (Å²) in [6.07, 6.45) is 3.45. The number of rotatable bonds is 2. The molecule has 5 nitrogen and oxygen atoms in total. The van der Waals surface area contributed by atoms with E-state index in [1.54, 1.807) is 12.1 Å². The first kappa shape index (κ1) is 15.8. The van der Waals surface area contributed by atoms with Crippen molar-refractivity contribution < 1.29 is 14.0 Å². The SMILES string of the molecule is C[C@H]1CCCCN1C(=O)N[C@@H]1CC(=O)N(c2cccc(F)c2)C1. The molecule has 3 rings (SSSR count). The molecule has 0 unspecified atom stereocenters. The maximum atomic E-state index is 13.3. The Morgan fingerprint density at radius 1 is 1.35 bits per heavy atom. The van der Waals surface area contributed by atoms with Gasteiger partial charge in [-0.2, -0.15) is 0 Å². The van der Waals surface area contributed by atoms with Crippen molar-refractivity contribution in [1.82, 2.24) is 10.2 Å². The maximum Gasteiger partial charge on any atom is 0.317 e. The minimum Gasteiger partial charge on any atom is -0.333 e. The number of likely N-dealkylation sites (tertiary alicyclic amines) is 1. The third kappa shape index (κ3) is 3.46. The van der Waals surface area contributed by atoms with Gasteiger partial charge in [-0.3, -0.25) is 4.79 Å². The molecule has 2 atom stereocenters. The quantitative estimate of drug-likeness (QED) is 0.910. The standard InChI is InChI=1S/C17H22FN3O2/c1-12-5-2-3-8-20(12)17(23)19-14-10-16(22)21(11-14)15-7-4-6-13(18)9-15/h4,6-7,9,12,14H,2-3,5,8,10-11H2,1H3,(H,19,23)/t12-,14+/m0/s1. The maximum absolute atomic E-state index is 13.3. The molecule has 23 heavy (non-hydrogen) atoms. The van der Waals surface area contributed by atoms with Crippen LogP contribution in [0.3, 0.4) is 0 Å². The van der Waals surface area contributed by atoms with Crippen LogP contribution in [0.4, 0.5) is 14.9 Å². The van der Waals surface area contributed by atoms with Gasteiger partial charge in [0.15, 0.2) is 0 Å². The summed E-state index contributed by atoms with van der Waals surface area (Å²) in [5.74, 6) is -0.461. The first-order chi connectivity index (χ1) is 11.0. The van der Waals surface area contributed by atoms with Gasteiger partial charge in [0, 0.05) is 31.2 Å². The van der Waals surface area contributed by atoms with Crippen molar-refractivity contribution in [3.8, 4) is 0 Å². The van der Waals surface area contributed by atoms with Gasteiger partial charge in [0.1, 0.15) is 5.82 Å². The topological polar surface area (TPSA) is 52.7 Å².